The minimum Gasteiger partial charge on any atom is -0.419 e. The molecule has 1 amide bonds. The lowest BCUT2D eigenvalue weighted by molar-refractivity contribution is 0.196. The lowest BCUT2D eigenvalue weighted by Gasteiger charge is -1.86. The van der Waals surface area contributed by atoms with Crippen LogP contribution in [0.25, 0.3) is 0 Å². The molecule has 3 nitrogen and oxygen atoms in total. The van der Waals surface area contributed by atoms with Crippen molar-refractivity contribution in [3.63, 3.8) is 0 Å². The largest absolute Gasteiger partial charge is 0.419 e. The topological polar surface area (TPSA) is 52.3 Å². The van der Waals surface area contributed by atoms with E-state index >= 15 is 0 Å². The highest BCUT2D eigenvalue weighted by molar-refractivity contribution is 5.65. The third-order valence-electron chi connectivity index (χ3n) is 0.516. The van der Waals surface area contributed by atoms with Crippen LogP contribution in [-0.2, 0) is 4.74 Å². The molecule has 0 unspecified atom stereocenters. The van der Waals surface area contributed by atoms with Crippen LogP contribution in [0.2, 0.25) is 0 Å². The SMILES string of the molecule is CC/C=C\OC(N)=O. The minimum atomic E-state index is -0.769. The Hall–Kier alpha value is -0.990. The van der Waals surface area contributed by atoms with E-state index in [1.165, 1.54) is 6.26 Å². The van der Waals surface area contributed by atoms with Crippen molar-refractivity contribution in [3.8, 4) is 0 Å². The minimum absolute atomic E-state index is 0.769. The molecule has 0 rings (SSSR count). The average molecular weight is 115 g/mol. The molecule has 0 bridgehead atoms. The zero-order valence-electron chi connectivity index (χ0n) is 4.76. The summed E-state index contributed by atoms with van der Waals surface area (Å²) in [6.45, 7) is 1.93. The second kappa shape index (κ2) is 4.18. The van der Waals surface area contributed by atoms with Gasteiger partial charge in [0.1, 0.15) is 0 Å². The van der Waals surface area contributed by atoms with Gasteiger partial charge in [0.2, 0.25) is 0 Å². The van der Waals surface area contributed by atoms with Crippen LogP contribution in [0, 0.1) is 0 Å². The van der Waals surface area contributed by atoms with E-state index in [-0.39, 0.29) is 0 Å². The molecule has 0 radical (unpaired) electrons. The predicted molar refractivity (Wildman–Crippen MR) is 30.1 cm³/mol. The van der Waals surface area contributed by atoms with Gasteiger partial charge in [-0.1, -0.05) is 6.92 Å². The Morgan fingerprint density at radius 3 is 2.88 bits per heavy atom. The number of hydrogen-bond donors (Lipinski definition) is 1. The second-order valence-electron chi connectivity index (χ2n) is 1.22. The van der Waals surface area contributed by atoms with E-state index in [1.807, 2.05) is 6.92 Å². The first-order chi connectivity index (χ1) is 3.77. The molecule has 0 saturated heterocycles. The van der Waals surface area contributed by atoms with Crippen molar-refractivity contribution in [2.24, 2.45) is 5.73 Å². The maximum absolute atomic E-state index is 9.82. The number of carbonyl (C=O) groups excluding carboxylic acids is 1. The van der Waals surface area contributed by atoms with Gasteiger partial charge < -0.3 is 10.5 Å². The van der Waals surface area contributed by atoms with Gasteiger partial charge in [-0.2, -0.15) is 0 Å². The van der Waals surface area contributed by atoms with Crippen LogP contribution in [0.3, 0.4) is 0 Å². The van der Waals surface area contributed by atoms with Crippen LogP contribution in [-0.4, -0.2) is 6.09 Å². The summed E-state index contributed by atoms with van der Waals surface area (Å²) in [6, 6.07) is 0. The van der Waals surface area contributed by atoms with Gasteiger partial charge in [-0.05, 0) is 12.5 Å². The summed E-state index contributed by atoms with van der Waals surface area (Å²) in [6.07, 6.45) is 3.05. The highest BCUT2D eigenvalue weighted by atomic mass is 16.5. The molecule has 0 aromatic heterocycles. The molecule has 0 aliphatic heterocycles. The Balaban J connectivity index is 3.16. The number of ether oxygens (including phenoxy) is 1. The van der Waals surface area contributed by atoms with E-state index in [0.29, 0.717) is 0 Å². The molecule has 0 fully saturated rings. The molecule has 0 heterocycles. The molecule has 0 spiro atoms. The molecular formula is C5H9NO2. The lowest BCUT2D eigenvalue weighted by atomic mass is 10.5. The number of hydrogen-bond acceptors (Lipinski definition) is 2. The molecule has 0 saturated carbocycles. The third kappa shape index (κ3) is 5.01. The number of carbonyl (C=O) groups is 1. The number of nitrogens with two attached hydrogens (primary N) is 1. The maximum Gasteiger partial charge on any atom is 0.409 e. The van der Waals surface area contributed by atoms with Gasteiger partial charge in [0.25, 0.3) is 0 Å². The van der Waals surface area contributed by atoms with Crippen LogP contribution in [0.1, 0.15) is 13.3 Å². The zero-order chi connectivity index (χ0) is 6.41. The number of rotatable bonds is 2. The van der Waals surface area contributed by atoms with Gasteiger partial charge in [-0.3, -0.25) is 0 Å². The number of amides is 1. The molecule has 46 valence electrons. The van der Waals surface area contributed by atoms with E-state index in [4.69, 9.17) is 0 Å². The van der Waals surface area contributed by atoms with Crippen molar-refractivity contribution < 1.29 is 9.53 Å². The normalized spacial score (nSPS) is 9.62. The fourth-order valence-electron chi connectivity index (χ4n) is 0.211. The van der Waals surface area contributed by atoms with Crippen molar-refractivity contribution in [1.82, 2.24) is 0 Å². The van der Waals surface area contributed by atoms with Crippen molar-refractivity contribution in [2.45, 2.75) is 13.3 Å². The molecule has 3 heteroatoms. The average Bonchev–Trinajstić information content (AvgIpc) is 1.66. The second-order valence-corrected chi connectivity index (χ2v) is 1.22. The maximum atomic E-state index is 9.82. The molecular weight excluding hydrogens is 106 g/mol. The first-order valence-corrected chi connectivity index (χ1v) is 2.38. The Morgan fingerprint density at radius 2 is 2.50 bits per heavy atom. The summed E-state index contributed by atoms with van der Waals surface area (Å²) in [5.41, 5.74) is 4.62. The molecule has 0 aliphatic rings. The Labute approximate surface area is 48.1 Å². The molecule has 0 aliphatic carbocycles. The predicted octanol–water partition coefficient (Wildman–Crippen LogP) is 1.01. The van der Waals surface area contributed by atoms with Crippen molar-refractivity contribution >= 4 is 6.09 Å². The Bertz CT molecular complexity index is 98.6. The fraction of sp³-hybridized carbons (Fsp3) is 0.400. The van der Waals surface area contributed by atoms with Crippen molar-refractivity contribution in [2.75, 3.05) is 0 Å². The molecule has 0 aromatic rings. The first kappa shape index (κ1) is 7.01. The summed E-state index contributed by atoms with van der Waals surface area (Å²) >= 11 is 0. The Kier molecular flexibility index (Phi) is 3.66. The summed E-state index contributed by atoms with van der Waals surface area (Å²) in [7, 11) is 0. The molecule has 0 atom stereocenters. The van der Waals surface area contributed by atoms with Crippen LogP contribution in [0.15, 0.2) is 12.3 Å². The zero-order valence-corrected chi connectivity index (χ0v) is 4.76. The summed E-state index contributed by atoms with van der Waals surface area (Å²) in [5.74, 6) is 0. The van der Waals surface area contributed by atoms with Crippen molar-refractivity contribution in [3.05, 3.63) is 12.3 Å². The first-order valence-electron chi connectivity index (χ1n) is 2.38. The summed E-state index contributed by atoms with van der Waals surface area (Å²) in [5, 5.41) is 0. The van der Waals surface area contributed by atoms with Gasteiger partial charge in [0.05, 0.1) is 6.26 Å². The Morgan fingerprint density at radius 1 is 1.88 bits per heavy atom. The van der Waals surface area contributed by atoms with E-state index < -0.39 is 6.09 Å². The van der Waals surface area contributed by atoms with Gasteiger partial charge in [0, 0.05) is 0 Å². The van der Waals surface area contributed by atoms with Crippen LogP contribution in [0.4, 0.5) is 4.79 Å². The monoisotopic (exact) mass is 115 g/mol. The van der Waals surface area contributed by atoms with Crippen LogP contribution in [0.5, 0.6) is 0 Å². The third-order valence-corrected chi connectivity index (χ3v) is 0.516. The van der Waals surface area contributed by atoms with E-state index in [0.717, 1.165) is 6.42 Å². The van der Waals surface area contributed by atoms with Gasteiger partial charge >= 0.3 is 6.09 Å². The van der Waals surface area contributed by atoms with Gasteiger partial charge in [-0.15, -0.1) is 0 Å². The highest BCUT2D eigenvalue weighted by Gasteiger charge is 1.82. The quantitative estimate of drug-likeness (QED) is 0.546. The molecule has 8 heavy (non-hydrogen) atoms. The van der Waals surface area contributed by atoms with Crippen molar-refractivity contribution in [1.29, 1.82) is 0 Å². The number of allylic oxidation sites excluding steroid dienone is 1. The van der Waals surface area contributed by atoms with E-state index in [2.05, 4.69) is 10.5 Å². The number of primary amides is 1. The summed E-state index contributed by atoms with van der Waals surface area (Å²) in [4.78, 5) is 9.82. The van der Waals surface area contributed by atoms with Gasteiger partial charge in [0.15, 0.2) is 0 Å². The molecule has 0 aromatic carbocycles. The standard InChI is InChI=1S/C5H9NO2/c1-2-3-4-8-5(6)7/h3-4H,2H2,1H3,(H2,6,7)/b4-3-. The lowest BCUT2D eigenvalue weighted by Crippen LogP contribution is -2.08. The van der Waals surface area contributed by atoms with Gasteiger partial charge in [-0.25, -0.2) is 4.79 Å². The van der Waals surface area contributed by atoms with Crippen LogP contribution < -0.4 is 5.73 Å². The summed E-state index contributed by atoms with van der Waals surface area (Å²) < 4.78 is 4.24. The molecule has 2 N–H and O–H groups in total. The van der Waals surface area contributed by atoms with Crippen LogP contribution >= 0.6 is 0 Å². The van der Waals surface area contributed by atoms with E-state index in [1.54, 1.807) is 6.08 Å². The smallest absolute Gasteiger partial charge is 0.409 e. The highest BCUT2D eigenvalue weighted by Crippen LogP contribution is 1.80. The fourth-order valence-corrected chi connectivity index (χ4v) is 0.211. The van der Waals surface area contributed by atoms with E-state index in [9.17, 15) is 4.79 Å².